The first kappa shape index (κ1) is 11.1. The van der Waals surface area contributed by atoms with Gasteiger partial charge in [0.1, 0.15) is 5.82 Å². The van der Waals surface area contributed by atoms with E-state index in [-0.39, 0.29) is 11.7 Å². The van der Waals surface area contributed by atoms with Crippen LogP contribution < -0.4 is 0 Å². The van der Waals surface area contributed by atoms with Crippen LogP contribution in [0.2, 0.25) is 0 Å². The molecule has 1 amide bonds. The Morgan fingerprint density at radius 2 is 2.00 bits per heavy atom. The van der Waals surface area contributed by atoms with Crippen molar-refractivity contribution in [1.82, 2.24) is 4.90 Å². The molecule has 0 fully saturated rings. The van der Waals surface area contributed by atoms with Crippen LogP contribution in [-0.4, -0.2) is 10.8 Å². The molecule has 1 heterocycles. The number of fused-ring (bicyclic) bond motifs is 1. The average Bonchev–Trinajstić information content (AvgIpc) is 2.60. The zero-order chi connectivity index (χ0) is 11.9. The Morgan fingerprint density at radius 3 is 2.56 bits per heavy atom. The van der Waals surface area contributed by atoms with Crippen molar-refractivity contribution in [2.75, 3.05) is 0 Å². The van der Waals surface area contributed by atoms with Gasteiger partial charge in [-0.3, -0.25) is 4.79 Å². The highest BCUT2D eigenvalue weighted by molar-refractivity contribution is 5.82. The Morgan fingerprint density at radius 1 is 1.31 bits per heavy atom. The number of hydrogen-bond acceptors (Lipinski definition) is 1. The maximum Gasteiger partial charge on any atom is 0.228 e. The van der Waals surface area contributed by atoms with Gasteiger partial charge in [0.2, 0.25) is 5.91 Å². The predicted molar refractivity (Wildman–Crippen MR) is 60.1 cm³/mol. The van der Waals surface area contributed by atoms with Crippen LogP contribution in [-0.2, 0) is 17.9 Å². The Hall–Kier alpha value is -1.38. The van der Waals surface area contributed by atoms with Crippen molar-refractivity contribution in [2.45, 2.75) is 33.9 Å². The number of benzene rings is 1. The molecular formula is C13H16FNO. The second-order valence-corrected chi connectivity index (χ2v) is 5.29. The molecule has 1 aliphatic heterocycles. The molecule has 0 unspecified atom stereocenters. The molecule has 1 aliphatic rings. The van der Waals surface area contributed by atoms with E-state index in [9.17, 15) is 9.18 Å². The van der Waals surface area contributed by atoms with Crippen molar-refractivity contribution in [2.24, 2.45) is 5.41 Å². The fourth-order valence-corrected chi connectivity index (χ4v) is 2.00. The molecule has 2 nitrogen and oxygen atoms in total. The van der Waals surface area contributed by atoms with E-state index in [0.29, 0.717) is 18.7 Å². The molecule has 0 saturated carbocycles. The lowest BCUT2D eigenvalue weighted by Gasteiger charge is -2.25. The van der Waals surface area contributed by atoms with E-state index < -0.39 is 5.41 Å². The van der Waals surface area contributed by atoms with E-state index in [1.54, 1.807) is 11.0 Å². The fraction of sp³-hybridized carbons (Fsp3) is 0.462. The minimum Gasteiger partial charge on any atom is -0.333 e. The highest BCUT2D eigenvalue weighted by Gasteiger charge is 2.32. The summed E-state index contributed by atoms with van der Waals surface area (Å²) in [5.41, 5.74) is 1.19. The molecule has 0 radical (unpaired) electrons. The molecule has 1 aromatic carbocycles. The highest BCUT2D eigenvalue weighted by atomic mass is 19.1. The van der Waals surface area contributed by atoms with Crippen molar-refractivity contribution in [1.29, 1.82) is 0 Å². The lowest BCUT2D eigenvalue weighted by Crippen LogP contribution is -2.35. The smallest absolute Gasteiger partial charge is 0.228 e. The summed E-state index contributed by atoms with van der Waals surface area (Å²) >= 11 is 0. The summed E-state index contributed by atoms with van der Waals surface area (Å²) in [5.74, 6) is -0.134. The van der Waals surface area contributed by atoms with Gasteiger partial charge in [-0.05, 0) is 11.6 Å². The van der Waals surface area contributed by atoms with E-state index in [4.69, 9.17) is 0 Å². The standard InChI is InChI=1S/C13H16FNO/c1-13(2,3)12(16)15-7-9-5-4-6-11(14)10(9)8-15/h4-6H,7-8H2,1-3H3. The third kappa shape index (κ3) is 1.82. The van der Waals surface area contributed by atoms with Crippen LogP contribution in [0.3, 0.4) is 0 Å². The number of carbonyl (C=O) groups is 1. The lowest BCUT2D eigenvalue weighted by molar-refractivity contribution is -0.140. The van der Waals surface area contributed by atoms with E-state index >= 15 is 0 Å². The van der Waals surface area contributed by atoms with Crippen LogP contribution in [0, 0.1) is 11.2 Å². The molecule has 2 rings (SSSR count). The van der Waals surface area contributed by atoms with Crippen molar-refractivity contribution >= 4 is 5.91 Å². The topological polar surface area (TPSA) is 20.3 Å². The van der Waals surface area contributed by atoms with Gasteiger partial charge in [0.15, 0.2) is 0 Å². The van der Waals surface area contributed by atoms with E-state index in [1.807, 2.05) is 26.8 Å². The quantitative estimate of drug-likeness (QED) is 0.659. The van der Waals surface area contributed by atoms with Crippen LogP contribution in [0.25, 0.3) is 0 Å². The molecule has 86 valence electrons. The fourth-order valence-electron chi connectivity index (χ4n) is 2.00. The van der Waals surface area contributed by atoms with E-state index in [1.165, 1.54) is 6.07 Å². The van der Waals surface area contributed by atoms with Gasteiger partial charge in [-0.1, -0.05) is 32.9 Å². The number of carbonyl (C=O) groups excluding carboxylic acids is 1. The number of hydrogen-bond donors (Lipinski definition) is 0. The van der Waals surface area contributed by atoms with Gasteiger partial charge in [-0.2, -0.15) is 0 Å². The summed E-state index contributed by atoms with van der Waals surface area (Å²) in [6.45, 7) is 6.58. The number of halogens is 1. The average molecular weight is 221 g/mol. The minimum atomic E-state index is -0.404. The molecular weight excluding hydrogens is 205 g/mol. The first-order valence-corrected chi connectivity index (χ1v) is 5.45. The minimum absolute atomic E-state index is 0.0723. The monoisotopic (exact) mass is 221 g/mol. The SMILES string of the molecule is CC(C)(C)C(=O)N1Cc2cccc(F)c2C1. The Kier molecular flexibility index (Phi) is 2.49. The Bertz CT molecular complexity index is 434. The molecule has 0 aromatic heterocycles. The van der Waals surface area contributed by atoms with Gasteiger partial charge in [-0.25, -0.2) is 4.39 Å². The molecule has 16 heavy (non-hydrogen) atoms. The van der Waals surface area contributed by atoms with E-state index in [2.05, 4.69) is 0 Å². The van der Waals surface area contributed by atoms with Crippen LogP contribution in [0.1, 0.15) is 31.9 Å². The van der Waals surface area contributed by atoms with Crippen LogP contribution in [0.15, 0.2) is 18.2 Å². The summed E-state index contributed by atoms with van der Waals surface area (Å²) in [6.07, 6.45) is 0. The van der Waals surface area contributed by atoms with Gasteiger partial charge in [0.05, 0.1) is 0 Å². The summed E-state index contributed by atoms with van der Waals surface area (Å²) in [5, 5.41) is 0. The molecule has 0 spiro atoms. The van der Waals surface area contributed by atoms with Crippen LogP contribution in [0.5, 0.6) is 0 Å². The van der Waals surface area contributed by atoms with Gasteiger partial charge >= 0.3 is 0 Å². The number of nitrogens with zero attached hydrogens (tertiary/aromatic N) is 1. The third-order valence-corrected chi connectivity index (χ3v) is 2.85. The summed E-state index contributed by atoms with van der Waals surface area (Å²) in [7, 11) is 0. The summed E-state index contributed by atoms with van der Waals surface area (Å²) < 4.78 is 13.5. The summed E-state index contributed by atoms with van der Waals surface area (Å²) in [6, 6.07) is 5.03. The molecule has 1 aromatic rings. The molecule has 0 atom stereocenters. The van der Waals surface area contributed by atoms with Crippen LogP contribution >= 0.6 is 0 Å². The van der Waals surface area contributed by atoms with Gasteiger partial charge in [0, 0.05) is 24.1 Å². The maximum atomic E-state index is 13.5. The molecule has 0 aliphatic carbocycles. The lowest BCUT2D eigenvalue weighted by atomic mass is 9.95. The van der Waals surface area contributed by atoms with Crippen molar-refractivity contribution < 1.29 is 9.18 Å². The third-order valence-electron chi connectivity index (χ3n) is 2.85. The molecule has 0 bridgehead atoms. The first-order valence-electron chi connectivity index (χ1n) is 5.45. The Labute approximate surface area is 95.1 Å². The molecule has 3 heteroatoms. The Balaban J connectivity index is 2.24. The van der Waals surface area contributed by atoms with Crippen molar-refractivity contribution in [3.05, 3.63) is 35.1 Å². The predicted octanol–water partition coefficient (Wildman–Crippen LogP) is 2.71. The van der Waals surface area contributed by atoms with Crippen LogP contribution in [0.4, 0.5) is 4.39 Å². The first-order chi connectivity index (χ1) is 7.39. The molecule has 0 saturated heterocycles. The second kappa shape index (κ2) is 3.58. The number of amides is 1. The van der Waals surface area contributed by atoms with Gasteiger partial charge < -0.3 is 4.90 Å². The highest BCUT2D eigenvalue weighted by Crippen LogP contribution is 2.29. The van der Waals surface area contributed by atoms with Crippen molar-refractivity contribution in [3.63, 3.8) is 0 Å². The number of rotatable bonds is 0. The zero-order valence-electron chi connectivity index (χ0n) is 9.88. The van der Waals surface area contributed by atoms with E-state index in [0.717, 1.165) is 5.56 Å². The van der Waals surface area contributed by atoms with Crippen molar-refractivity contribution in [3.8, 4) is 0 Å². The summed E-state index contributed by atoms with van der Waals surface area (Å²) in [4.78, 5) is 13.8. The normalized spacial score (nSPS) is 15.1. The second-order valence-electron chi connectivity index (χ2n) is 5.29. The zero-order valence-corrected chi connectivity index (χ0v) is 9.88. The largest absolute Gasteiger partial charge is 0.333 e. The molecule has 0 N–H and O–H groups in total. The van der Waals surface area contributed by atoms with Gasteiger partial charge in [0.25, 0.3) is 0 Å². The van der Waals surface area contributed by atoms with Gasteiger partial charge in [-0.15, -0.1) is 0 Å². The maximum absolute atomic E-state index is 13.5.